The highest BCUT2D eigenvalue weighted by molar-refractivity contribution is 5.47. The first-order valence-corrected chi connectivity index (χ1v) is 4.21. The quantitative estimate of drug-likeness (QED) is 0.698. The standard InChI is InChI=1S/C10H10F3N/c11-10(12,13)8-3-7(6-1-2-6)4-9(14)5-8/h3-6H,1-2,14H2/i3D,4D,5D. The van der Waals surface area contributed by atoms with E-state index in [1.54, 1.807) is 0 Å². The van der Waals surface area contributed by atoms with Crippen molar-refractivity contribution in [2.24, 2.45) is 0 Å². The van der Waals surface area contributed by atoms with Gasteiger partial charge in [-0.15, -0.1) is 0 Å². The number of nitrogen functional groups attached to an aromatic ring is 1. The van der Waals surface area contributed by atoms with Crippen LogP contribution in [0, 0.1) is 0 Å². The molecule has 0 radical (unpaired) electrons. The van der Waals surface area contributed by atoms with E-state index >= 15 is 0 Å². The largest absolute Gasteiger partial charge is 0.416 e. The summed E-state index contributed by atoms with van der Waals surface area (Å²) in [5, 5.41) is 0. The van der Waals surface area contributed by atoms with Gasteiger partial charge in [-0.05, 0) is 42.5 Å². The van der Waals surface area contributed by atoms with Gasteiger partial charge in [-0.2, -0.15) is 13.2 Å². The van der Waals surface area contributed by atoms with Gasteiger partial charge in [-0.25, -0.2) is 0 Å². The van der Waals surface area contributed by atoms with E-state index in [1.165, 1.54) is 0 Å². The fourth-order valence-corrected chi connectivity index (χ4v) is 1.23. The van der Waals surface area contributed by atoms with Gasteiger partial charge in [-0.3, -0.25) is 0 Å². The molecule has 1 fully saturated rings. The van der Waals surface area contributed by atoms with Gasteiger partial charge in [0.15, 0.2) is 0 Å². The van der Waals surface area contributed by atoms with Crippen LogP contribution in [0.5, 0.6) is 0 Å². The number of halogens is 3. The Kier molecular flexibility index (Phi) is 1.31. The summed E-state index contributed by atoms with van der Waals surface area (Å²) in [6, 6.07) is -2.02. The van der Waals surface area contributed by atoms with Crippen molar-refractivity contribution in [2.75, 3.05) is 5.73 Å². The van der Waals surface area contributed by atoms with Crippen LogP contribution in [0.3, 0.4) is 0 Å². The lowest BCUT2D eigenvalue weighted by molar-refractivity contribution is -0.137. The van der Waals surface area contributed by atoms with Crippen LogP contribution < -0.4 is 5.73 Å². The number of benzene rings is 1. The van der Waals surface area contributed by atoms with Crippen LogP contribution >= 0.6 is 0 Å². The van der Waals surface area contributed by atoms with Gasteiger partial charge in [-0.1, -0.05) is 0 Å². The zero-order chi connectivity index (χ0) is 13.0. The molecule has 0 spiro atoms. The topological polar surface area (TPSA) is 26.0 Å². The summed E-state index contributed by atoms with van der Waals surface area (Å²) < 4.78 is 60.6. The van der Waals surface area contributed by atoms with E-state index in [9.17, 15) is 13.2 Å². The molecule has 76 valence electrons. The second-order valence-electron chi connectivity index (χ2n) is 3.35. The normalized spacial score (nSPS) is 20.1. The molecule has 1 saturated carbocycles. The average molecular weight is 204 g/mol. The third kappa shape index (κ3) is 1.84. The van der Waals surface area contributed by atoms with Gasteiger partial charge in [0.25, 0.3) is 0 Å². The van der Waals surface area contributed by atoms with E-state index in [-0.39, 0.29) is 17.5 Å². The lowest BCUT2D eigenvalue weighted by Crippen LogP contribution is -2.06. The molecule has 2 rings (SSSR count). The number of hydrogen-bond acceptors (Lipinski definition) is 1. The van der Waals surface area contributed by atoms with Crippen LogP contribution in [0.1, 0.15) is 34.0 Å². The van der Waals surface area contributed by atoms with Crippen molar-refractivity contribution in [1.29, 1.82) is 0 Å². The zero-order valence-electron chi connectivity index (χ0n) is 10.2. The van der Waals surface area contributed by atoms with Crippen molar-refractivity contribution in [3.8, 4) is 0 Å². The second kappa shape index (κ2) is 2.90. The van der Waals surface area contributed by atoms with E-state index in [2.05, 4.69) is 0 Å². The molecule has 1 nitrogen and oxygen atoms in total. The SMILES string of the molecule is [2H]c1c(N)c([2H])c(C(F)(F)F)c([2H])c1C1CC1. The van der Waals surface area contributed by atoms with Crippen LogP contribution in [0.15, 0.2) is 18.1 Å². The van der Waals surface area contributed by atoms with Crippen LogP contribution in [-0.2, 0) is 6.18 Å². The molecule has 1 aromatic rings. The second-order valence-corrected chi connectivity index (χ2v) is 3.35. The summed E-state index contributed by atoms with van der Waals surface area (Å²) in [6.45, 7) is 0. The summed E-state index contributed by atoms with van der Waals surface area (Å²) in [6.07, 6.45) is -3.43. The average Bonchev–Trinajstić information content (AvgIpc) is 2.96. The summed E-state index contributed by atoms with van der Waals surface area (Å²) in [5.41, 5.74) is 3.57. The number of alkyl halides is 3. The Morgan fingerprint density at radius 1 is 1.29 bits per heavy atom. The maximum absolute atomic E-state index is 12.7. The summed E-state index contributed by atoms with van der Waals surface area (Å²) >= 11 is 0. The molecule has 1 aromatic carbocycles. The van der Waals surface area contributed by atoms with E-state index in [0.29, 0.717) is 12.8 Å². The Bertz CT molecular complexity index is 481. The predicted octanol–water partition coefficient (Wildman–Crippen LogP) is 3.17. The Labute approximate surface area is 83.9 Å². The third-order valence-electron chi connectivity index (χ3n) is 2.06. The van der Waals surface area contributed by atoms with E-state index in [1.807, 2.05) is 0 Å². The van der Waals surface area contributed by atoms with E-state index in [4.69, 9.17) is 9.85 Å². The highest BCUT2D eigenvalue weighted by Gasteiger charge is 2.33. The molecular formula is C10H10F3N. The van der Waals surface area contributed by atoms with Crippen LogP contribution in [-0.4, -0.2) is 0 Å². The van der Waals surface area contributed by atoms with Gasteiger partial charge in [0, 0.05) is 5.69 Å². The van der Waals surface area contributed by atoms with Gasteiger partial charge in [0.1, 0.15) is 0 Å². The van der Waals surface area contributed by atoms with Crippen molar-refractivity contribution in [3.05, 3.63) is 29.3 Å². The minimum absolute atomic E-state index is 0.0332. The number of nitrogens with two attached hydrogens (primary N) is 1. The molecule has 2 N–H and O–H groups in total. The molecule has 1 aliphatic rings. The van der Waals surface area contributed by atoms with E-state index < -0.39 is 29.5 Å². The van der Waals surface area contributed by atoms with Crippen molar-refractivity contribution in [3.63, 3.8) is 0 Å². The van der Waals surface area contributed by atoms with Crippen LogP contribution in [0.4, 0.5) is 18.9 Å². The molecule has 0 aromatic heterocycles. The smallest absolute Gasteiger partial charge is 0.399 e. The third-order valence-corrected chi connectivity index (χ3v) is 2.06. The van der Waals surface area contributed by atoms with E-state index in [0.717, 1.165) is 0 Å². The molecule has 0 heterocycles. The molecule has 14 heavy (non-hydrogen) atoms. The molecule has 0 atom stereocenters. The molecule has 1 aliphatic carbocycles. The Hall–Kier alpha value is -1.19. The van der Waals surface area contributed by atoms with Crippen molar-refractivity contribution < 1.29 is 17.3 Å². The fourth-order valence-electron chi connectivity index (χ4n) is 1.23. The Morgan fingerprint density at radius 3 is 2.43 bits per heavy atom. The highest BCUT2D eigenvalue weighted by atomic mass is 19.4. The number of hydrogen-bond donors (Lipinski definition) is 1. The fraction of sp³-hybridized carbons (Fsp3) is 0.400. The molecule has 0 saturated heterocycles. The van der Waals surface area contributed by atoms with Gasteiger partial charge < -0.3 is 5.73 Å². The predicted molar refractivity (Wildman–Crippen MR) is 47.8 cm³/mol. The first kappa shape index (κ1) is 6.32. The van der Waals surface area contributed by atoms with Crippen LogP contribution in [0.25, 0.3) is 0 Å². The molecule has 0 aliphatic heterocycles. The lowest BCUT2D eigenvalue weighted by atomic mass is 10.1. The van der Waals surface area contributed by atoms with Crippen molar-refractivity contribution in [2.45, 2.75) is 24.9 Å². The minimum Gasteiger partial charge on any atom is -0.399 e. The first-order chi connectivity index (χ1) is 7.75. The molecule has 0 bridgehead atoms. The van der Waals surface area contributed by atoms with Gasteiger partial charge >= 0.3 is 6.18 Å². The Balaban J connectivity index is 2.75. The van der Waals surface area contributed by atoms with Gasteiger partial charge in [0.2, 0.25) is 0 Å². The van der Waals surface area contributed by atoms with Gasteiger partial charge in [0.05, 0.1) is 9.68 Å². The van der Waals surface area contributed by atoms with Crippen molar-refractivity contribution in [1.82, 2.24) is 0 Å². The summed E-state index contributed by atoms with van der Waals surface area (Å²) in [5.74, 6) is -0.181. The molecular weight excluding hydrogens is 191 g/mol. The number of anilines is 1. The maximum atomic E-state index is 12.7. The zero-order valence-corrected chi connectivity index (χ0v) is 7.20. The van der Waals surface area contributed by atoms with Crippen LogP contribution in [0.2, 0.25) is 0 Å². The monoisotopic (exact) mass is 204 g/mol. The Morgan fingerprint density at radius 2 is 1.93 bits per heavy atom. The number of rotatable bonds is 1. The molecule has 0 amide bonds. The minimum atomic E-state index is -4.78. The maximum Gasteiger partial charge on any atom is 0.416 e. The molecule has 0 unspecified atom stereocenters. The van der Waals surface area contributed by atoms with Crippen molar-refractivity contribution >= 4 is 5.69 Å². The first-order valence-electron chi connectivity index (χ1n) is 5.71. The lowest BCUT2D eigenvalue weighted by Gasteiger charge is -2.09. The summed E-state index contributed by atoms with van der Waals surface area (Å²) in [7, 11) is 0. The summed E-state index contributed by atoms with van der Waals surface area (Å²) in [4.78, 5) is 0. The highest BCUT2D eigenvalue weighted by Crippen LogP contribution is 2.42. The molecule has 4 heteroatoms.